The van der Waals surface area contributed by atoms with Gasteiger partial charge in [-0.1, -0.05) is 114 Å². The van der Waals surface area contributed by atoms with Crippen molar-refractivity contribution in [1.29, 1.82) is 0 Å². The van der Waals surface area contributed by atoms with E-state index in [2.05, 4.69) is 69.2 Å². The van der Waals surface area contributed by atoms with Gasteiger partial charge in [0.1, 0.15) is 0 Å². The summed E-state index contributed by atoms with van der Waals surface area (Å²) in [6.45, 7) is 24.0. The minimum Gasteiger partial charge on any atom is -0.330 e. The SMILES string of the molecule is CC1C(N)CCCC1N.CC1CCC(N)CC1.CC1CCC(N)CC1C.CC1CCCC(CN)C1.CC1CCCCC1N.CCC1(C)CC(N)CC(C)(C)C1.NC1CCCC(N)C1. The quantitative estimate of drug-likeness (QED) is 0.128. The van der Waals surface area contributed by atoms with Crippen molar-refractivity contribution in [3.05, 3.63) is 0 Å². The van der Waals surface area contributed by atoms with Crippen LogP contribution in [0.15, 0.2) is 0 Å². The van der Waals surface area contributed by atoms with E-state index in [1.165, 1.54) is 148 Å². The first kappa shape index (κ1) is 60.7. The molecule has 0 aromatic rings. The maximum Gasteiger partial charge on any atom is 0.00792 e. The smallest absolute Gasteiger partial charge is 0.00792 e. The highest BCUT2D eigenvalue weighted by Crippen LogP contribution is 2.47. The Morgan fingerprint density at radius 2 is 0.921 bits per heavy atom. The van der Waals surface area contributed by atoms with Crippen molar-refractivity contribution >= 4 is 0 Å². The normalized spacial score (nSPS) is 41.1. The summed E-state index contributed by atoms with van der Waals surface area (Å²) in [7, 11) is 0. The Kier molecular flexibility index (Phi) is 31.2. The molecule has 7 aliphatic carbocycles. The summed E-state index contributed by atoms with van der Waals surface area (Å²) in [4.78, 5) is 0. The zero-order valence-corrected chi connectivity index (χ0v) is 43.9. The first-order chi connectivity index (χ1) is 29.5. The minimum atomic E-state index is 0.355. The van der Waals surface area contributed by atoms with Gasteiger partial charge >= 0.3 is 0 Å². The maximum atomic E-state index is 6.06. The van der Waals surface area contributed by atoms with E-state index in [0.29, 0.717) is 65.1 Å². The van der Waals surface area contributed by atoms with E-state index in [-0.39, 0.29) is 0 Å². The molecule has 0 radical (unpaired) electrons. The van der Waals surface area contributed by atoms with Crippen LogP contribution >= 0.6 is 0 Å². The maximum absolute atomic E-state index is 6.06. The van der Waals surface area contributed by atoms with Crippen LogP contribution in [0.25, 0.3) is 0 Å². The van der Waals surface area contributed by atoms with Crippen molar-refractivity contribution in [2.45, 2.75) is 285 Å². The summed E-state index contributed by atoms with van der Waals surface area (Å²) in [6.07, 6.45) is 33.1. The molecule has 63 heavy (non-hydrogen) atoms. The van der Waals surface area contributed by atoms with E-state index < -0.39 is 0 Å². The molecule has 0 amide bonds. The molecule has 7 saturated carbocycles. The predicted octanol–water partition coefficient (Wildman–Crippen LogP) is 10.2. The van der Waals surface area contributed by atoms with Gasteiger partial charge in [-0.05, 0) is 181 Å². The topological polar surface area (TPSA) is 234 Å². The molecule has 0 saturated heterocycles. The van der Waals surface area contributed by atoms with Crippen molar-refractivity contribution in [2.75, 3.05) is 6.54 Å². The first-order valence-corrected chi connectivity index (χ1v) is 27.2. The lowest BCUT2D eigenvalue weighted by Gasteiger charge is -2.45. The van der Waals surface area contributed by atoms with Gasteiger partial charge in [-0.2, -0.15) is 0 Å². The summed E-state index contributed by atoms with van der Waals surface area (Å²) in [5.74, 6) is 5.79. The van der Waals surface area contributed by atoms with E-state index in [1.807, 2.05) is 0 Å². The van der Waals surface area contributed by atoms with Crippen molar-refractivity contribution in [1.82, 2.24) is 0 Å². The van der Waals surface area contributed by atoms with E-state index in [1.54, 1.807) is 0 Å². The Bertz CT molecular complexity index is 1050. The number of hydrogen-bond acceptors (Lipinski definition) is 9. The van der Waals surface area contributed by atoms with Crippen LogP contribution in [-0.2, 0) is 0 Å². The van der Waals surface area contributed by atoms with E-state index >= 15 is 0 Å². The Morgan fingerprint density at radius 1 is 0.413 bits per heavy atom. The second-order valence-corrected chi connectivity index (χ2v) is 24.3. The lowest BCUT2D eigenvalue weighted by molar-refractivity contribution is 0.0802. The summed E-state index contributed by atoms with van der Waals surface area (Å²) in [6, 6.07) is 3.44. The lowest BCUT2D eigenvalue weighted by Crippen LogP contribution is -2.44. The van der Waals surface area contributed by atoms with Crippen LogP contribution in [0.1, 0.15) is 236 Å². The third-order valence-corrected chi connectivity index (χ3v) is 16.8. The van der Waals surface area contributed by atoms with Crippen LogP contribution in [0.4, 0.5) is 0 Å². The fraction of sp³-hybridized carbons (Fsp3) is 1.00. The standard InChI is InChI=1S/C11H23N.2C8H17N.C7H16N2.2C7H15N.C6H14N2/c1-5-11(4)7-9(12)6-10(2,3)8-11;1-6-3-4-8(9)5-7(6)2;1-7-3-2-4-8(5-7)6-9;1-5-6(8)3-2-4-7(5)9;1-6-2-4-7(8)5-3-6;1-6-4-2-3-5-7(6)8;7-5-2-1-3-6(8)4-5/h9H,5-8,12H2,1-4H3;6-8H,3-5,9H2,1-2H3;7-8H,2-6,9H2,1H3;5-7H,2-4,8-9H2,1H3;2*6-7H,2-5,8H2,1H3;5-6H,1-4,7-8H2. The van der Waals surface area contributed by atoms with Crippen LogP contribution < -0.4 is 51.6 Å². The molecule has 0 aliphatic heterocycles. The van der Waals surface area contributed by atoms with Gasteiger partial charge < -0.3 is 51.6 Å². The molecule has 7 fully saturated rings. The Balaban J connectivity index is 0.000000369. The van der Waals surface area contributed by atoms with Crippen LogP contribution in [-0.4, -0.2) is 54.9 Å². The van der Waals surface area contributed by atoms with Gasteiger partial charge in [0, 0.05) is 48.3 Å². The van der Waals surface area contributed by atoms with E-state index in [4.69, 9.17) is 51.6 Å². The van der Waals surface area contributed by atoms with Gasteiger partial charge in [0.05, 0.1) is 0 Å². The fourth-order valence-electron chi connectivity index (χ4n) is 11.7. The van der Waals surface area contributed by atoms with Gasteiger partial charge in [-0.3, -0.25) is 0 Å². The summed E-state index contributed by atoms with van der Waals surface area (Å²) in [5.41, 5.74) is 52.7. The number of hydrogen-bond donors (Lipinski definition) is 9. The molecule has 9 nitrogen and oxygen atoms in total. The Labute approximate surface area is 393 Å². The minimum absolute atomic E-state index is 0.355. The highest BCUT2D eigenvalue weighted by atomic mass is 14.7. The van der Waals surface area contributed by atoms with Crippen molar-refractivity contribution < 1.29 is 0 Å². The first-order valence-electron chi connectivity index (χ1n) is 27.2. The highest BCUT2D eigenvalue weighted by Gasteiger charge is 2.38. The van der Waals surface area contributed by atoms with Crippen molar-refractivity contribution in [2.24, 2.45) is 104 Å². The Hall–Kier alpha value is -0.360. The van der Waals surface area contributed by atoms with Crippen molar-refractivity contribution in [3.8, 4) is 0 Å². The van der Waals surface area contributed by atoms with Crippen LogP contribution in [0.2, 0.25) is 0 Å². The molecule has 0 bridgehead atoms. The number of nitrogens with two attached hydrogens (primary N) is 9. The summed E-state index contributed by atoms with van der Waals surface area (Å²) in [5, 5.41) is 0. The van der Waals surface area contributed by atoms with Gasteiger partial charge in [0.15, 0.2) is 0 Å². The molecule has 13 unspecified atom stereocenters. The Morgan fingerprint density at radius 3 is 1.30 bits per heavy atom. The average molecular weight is 893 g/mol. The van der Waals surface area contributed by atoms with Gasteiger partial charge in [-0.25, -0.2) is 0 Å². The van der Waals surface area contributed by atoms with Crippen LogP contribution in [0.5, 0.6) is 0 Å². The average Bonchev–Trinajstić information content (AvgIpc) is 3.21. The van der Waals surface area contributed by atoms with Gasteiger partial charge in [-0.15, -0.1) is 0 Å². The van der Waals surface area contributed by atoms with Gasteiger partial charge in [0.2, 0.25) is 0 Å². The molecule has 0 heterocycles. The molecule has 9 heteroatoms. The fourth-order valence-corrected chi connectivity index (χ4v) is 11.7. The second-order valence-electron chi connectivity index (χ2n) is 24.3. The zero-order valence-electron chi connectivity index (χ0n) is 43.9. The highest BCUT2D eigenvalue weighted by molar-refractivity contribution is 4.92. The third-order valence-electron chi connectivity index (χ3n) is 16.8. The van der Waals surface area contributed by atoms with Crippen LogP contribution in [0.3, 0.4) is 0 Å². The lowest BCUT2D eigenvalue weighted by atomic mass is 9.62. The molecule has 7 aliphatic rings. The monoisotopic (exact) mass is 892 g/mol. The number of rotatable bonds is 2. The molecule has 18 N–H and O–H groups in total. The molecule has 0 spiro atoms. The molecule has 13 atom stereocenters. The second kappa shape index (κ2) is 32.4. The third kappa shape index (κ3) is 27.9. The van der Waals surface area contributed by atoms with Gasteiger partial charge in [0.25, 0.3) is 0 Å². The zero-order chi connectivity index (χ0) is 47.8. The summed E-state index contributed by atoms with van der Waals surface area (Å²) >= 11 is 0. The van der Waals surface area contributed by atoms with Crippen molar-refractivity contribution in [3.63, 3.8) is 0 Å². The van der Waals surface area contributed by atoms with Crippen LogP contribution in [0, 0.1) is 52.3 Å². The van der Waals surface area contributed by atoms with E-state index in [9.17, 15) is 0 Å². The molecule has 0 aromatic carbocycles. The molecular weight excluding hydrogens is 775 g/mol. The predicted molar refractivity (Wildman–Crippen MR) is 279 cm³/mol. The molecular formula is C54H117N9. The molecule has 0 aromatic heterocycles. The van der Waals surface area contributed by atoms with E-state index in [0.717, 1.165) is 61.3 Å². The molecule has 7 rings (SSSR count). The largest absolute Gasteiger partial charge is 0.330 e. The summed E-state index contributed by atoms with van der Waals surface area (Å²) < 4.78 is 0. The molecule has 378 valence electrons.